The van der Waals surface area contributed by atoms with Gasteiger partial charge in [0.15, 0.2) is 0 Å². The topological polar surface area (TPSA) is 52.6 Å². The lowest BCUT2D eigenvalue weighted by Crippen LogP contribution is -2.49. The normalized spacial score (nSPS) is 44.2. The van der Waals surface area contributed by atoms with Crippen LogP contribution in [0.1, 0.15) is 20.8 Å². The SMILES string of the molecule is CCOC(=O)[C@H]1[C@H](C)[C@]12OC(=O)[C@H]2C. The Hall–Kier alpha value is -1.06. The van der Waals surface area contributed by atoms with Crippen LogP contribution in [0.4, 0.5) is 0 Å². The standard InChI is InChI=1S/C10H14O4/c1-4-13-9(12)7-5(2)10(7)6(3)8(11)14-10/h5-7H,4H2,1-3H3/t5-,6+,7+,10+/m0/s1. The Morgan fingerprint density at radius 3 is 2.64 bits per heavy atom. The lowest BCUT2D eigenvalue weighted by atomic mass is 9.93. The lowest BCUT2D eigenvalue weighted by molar-refractivity contribution is -0.194. The average molecular weight is 198 g/mol. The molecule has 1 saturated heterocycles. The molecule has 4 atom stereocenters. The van der Waals surface area contributed by atoms with Crippen molar-refractivity contribution in [3.63, 3.8) is 0 Å². The van der Waals surface area contributed by atoms with Crippen LogP contribution in [0.25, 0.3) is 0 Å². The molecular weight excluding hydrogens is 184 g/mol. The Labute approximate surface area is 82.6 Å². The summed E-state index contributed by atoms with van der Waals surface area (Å²) >= 11 is 0. The first-order valence-corrected chi connectivity index (χ1v) is 4.95. The Kier molecular flexibility index (Phi) is 1.84. The third-order valence-electron chi connectivity index (χ3n) is 3.44. The minimum absolute atomic E-state index is 0.106. The molecule has 0 amide bonds. The fraction of sp³-hybridized carbons (Fsp3) is 0.800. The molecule has 14 heavy (non-hydrogen) atoms. The monoisotopic (exact) mass is 198 g/mol. The first kappa shape index (κ1) is 9.49. The van der Waals surface area contributed by atoms with Gasteiger partial charge >= 0.3 is 11.9 Å². The van der Waals surface area contributed by atoms with Gasteiger partial charge in [-0.2, -0.15) is 0 Å². The van der Waals surface area contributed by atoms with E-state index in [2.05, 4.69) is 0 Å². The van der Waals surface area contributed by atoms with Crippen LogP contribution in [0, 0.1) is 17.8 Å². The number of rotatable bonds is 2. The van der Waals surface area contributed by atoms with Gasteiger partial charge in [-0.3, -0.25) is 9.59 Å². The predicted octanol–water partition coefficient (Wildman–Crippen LogP) is 0.747. The Balaban J connectivity index is 2.06. The van der Waals surface area contributed by atoms with Crippen LogP contribution in [0.15, 0.2) is 0 Å². The maximum absolute atomic E-state index is 11.5. The molecule has 0 bridgehead atoms. The highest BCUT2D eigenvalue weighted by atomic mass is 16.6. The molecule has 0 unspecified atom stereocenters. The van der Waals surface area contributed by atoms with Crippen molar-refractivity contribution in [3.05, 3.63) is 0 Å². The third-order valence-corrected chi connectivity index (χ3v) is 3.44. The molecule has 78 valence electrons. The van der Waals surface area contributed by atoms with E-state index in [1.54, 1.807) is 6.92 Å². The summed E-state index contributed by atoms with van der Waals surface area (Å²) in [7, 11) is 0. The van der Waals surface area contributed by atoms with Crippen molar-refractivity contribution in [1.82, 2.24) is 0 Å². The van der Waals surface area contributed by atoms with Crippen molar-refractivity contribution in [1.29, 1.82) is 0 Å². The third kappa shape index (κ3) is 0.885. The molecule has 0 aromatic rings. The second-order valence-corrected chi connectivity index (χ2v) is 4.01. The predicted molar refractivity (Wildman–Crippen MR) is 47.3 cm³/mol. The minimum atomic E-state index is -0.524. The maximum atomic E-state index is 11.5. The van der Waals surface area contributed by atoms with Crippen LogP contribution in [0.2, 0.25) is 0 Å². The van der Waals surface area contributed by atoms with Crippen molar-refractivity contribution in [2.75, 3.05) is 6.61 Å². The highest BCUT2D eigenvalue weighted by Gasteiger charge is 2.79. The zero-order chi connectivity index (χ0) is 10.5. The molecule has 1 heterocycles. The molecule has 0 aromatic heterocycles. The Bertz CT molecular complexity index is 298. The van der Waals surface area contributed by atoms with Crippen LogP contribution in [-0.2, 0) is 19.1 Å². The molecule has 1 aliphatic carbocycles. The fourth-order valence-electron chi connectivity index (χ4n) is 2.47. The van der Waals surface area contributed by atoms with Gasteiger partial charge in [0.1, 0.15) is 11.5 Å². The van der Waals surface area contributed by atoms with Gasteiger partial charge in [0.05, 0.1) is 12.5 Å². The van der Waals surface area contributed by atoms with E-state index >= 15 is 0 Å². The number of carbonyl (C=O) groups is 2. The van der Waals surface area contributed by atoms with Gasteiger partial charge in [-0.05, 0) is 13.8 Å². The number of ether oxygens (including phenoxy) is 2. The Morgan fingerprint density at radius 2 is 2.21 bits per heavy atom. The number of carbonyl (C=O) groups excluding carboxylic acids is 2. The van der Waals surface area contributed by atoms with E-state index in [9.17, 15) is 9.59 Å². The zero-order valence-electron chi connectivity index (χ0n) is 8.57. The molecule has 2 aliphatic rings. The van der Waals surface area contributed by atoms with Crippen molar-refractivity contribution in [2.24, 2.45) is 17.8 Å². The molecule has 0 N–H and O–H groups in total. The van der Waals surface area contributed by atoms with Gasteiger partial charge in [0, 0.05) is 5.92 Å². The summed E-state index contributed by atoms with van der Waals surface area (Å²) in [6.07, 6.45) is 0. The van der Waals surface area contributed by atoms with Crippen LogP contribution in [-0.4, -0.2) is 24.1 Å². The van der Waals surface area contributed by atoms with Crippen molar-refractivity contribution < 1.29 is 19.1 Å². The fourth-order valence-corrected chi connectivity index (χ4v) is 2.47. The molecule has 4 nitrogen and oxygen atoms in total. The van der Waals surface area contributed by atoms with Crippen LogP contribution < -0.4 is 0 Å². The van der Waals surface area contributed by atoms with E-state index in [0.717, 1.165) is 0 Å². The van der Waals surface area contributed by atoms with E-state index in [0.29, 0.717) is 6.61 Å². The van der Waals surface area contributed by atoms with Crippen molar-refractivity contribution >= 4 is 11.9 Å². The van der Waals surface area contributed by atoms with Crippen molar-refractivity contribution in [2.45, 2.75) is 26.4 Å². The number of hydrogen-bond acceptors (Lipinski definition) is 4. The Morgan fingerprint density at radius 1 is 1.57 bits per heavy atom. The van der Waals surface area contributed by atoms with E-state index in [4.69, 9.17) is 9.47 Å². The maximum Gasteiger partial charge on any atom is 0.313 e. The molecule has 0 radical (unpaired) electrons. The van der Waals surface area contributed by atoms with Gasteiger partial charge in [0.25, 0.3) is 0 Å². The second-order valence-electron chi connectivity index (χ2n) is 4.01. The number of esters is 2. The molecule has 0 aromatic carbocycles. The molecule has 4 heteroatoms. The summed E-state index contributed by atoms with van der Waals surface area (Å²) in [4.78, 5) is 22.4. The summed E-state index contributed by atoms with van der Waals surface area (Å²) in [5, 5.41) is 0. The summed E-state index contributed by atoms with van der Waals surface area (Å²) in [6, 6.07) is 0. The minimum Gasteiger partial charge on any atom is -0.466 e. The molecular formula is C10H14O4. The van der Waals surface area contributed by atoms with Gasteiger partial charge in [0.2, 0.25) is 0 Å². The average Bonchev–Trinajstić information content (AvgIpc) is 2.75. The van der Waals surface area contributed by atoms with Crippen molar-refractivity contribution in [3.8, 4) is 0 Å². The number of hydrogen-bond donors (Lipinski definition) is 0. The highest BCUT2D eigenvalue weighted by molar-refractivity contribution is 5.89. The quantitative estimate of drug-likeness (QED) is 0.614. The summed E-state index contributed by atoms with van der Waals surface area (Å²) < 4.78 is 10.0. The first-order valence-electron chi connectivity index (χ1n) is 4.95. The van der Waals surface area contributed by atoms with E-state index in [1.165, 1.54) is 0 Å². The molecule has 1 saturated carbocycles. The highest BCUT2D eigenvalue weighted by Crippen LogP contribution is 2.63. The van der Waals surface area contributed by atoms with Gasteiger partial charge in [-0.25, -0.2) is 0 Å². The van der Waals surface area contributed by atoms with Gasteiger partial charge < -0.3 is 9.47 Å². The lowest BCUT2D eigenvalue weighted by Gasteiger charge is -2.34. The van der Waals surface area contributed by atoms with Gasteiger partial charge in [-0.15, -0.1) is 0 Å². The summed E-state index contributed by atoms with van der Waals surface area (Å²) in [5.74, 6) is -0.737. The van der Waals surface area contributed by atoms with Gasteiger partial charge in [-0.1, -0.05) is 6.92 Å². The largest absolute Gasteiger partial charge is 0.466 e. The zero-order valence-corrected chi connectivity index (χ0v) is 8.57. The van der Waals surface area contributed by atoms with E-state index < -0.39 is 5.60 Å². The molecule has 2 fully saturated rings. The molecule has 1 spiro atoms. The summed E-state index contributed by atoms with van der Waals surface area (Å²) in [6.45, 7) is 5.88. The second kappa shape index (κ2) is 2.72. The smallest absolute Gasteiger partial charge is 0.313 e. The van der Waals surface area contributed by atoms with E-state index in [-0.39, 0.29) is 29.7 Å². The summed E-state index contributed by atoms with van der Waals surface area (Å²) in [5.41, 5.74) is -0.524. The molecule has 2 rings (SSSR count). The van der Waals surface area contributed by atoms with Crippen LogP contribution >= 0.6 is 0 Å². The van der Waals surface area contributed by atoms with Crippen LogP contribution in [0.3, 0.4) is 0 Å². The van der Waals surface area contributed by atoms with E-state index in [1.807, 2.05) is 13.8 Å². The first-order chi connectivity index (χ1) is 6.55. The van der Waals surface area contributed by atoms with Crippen LogP contribution in [0.5, 0.6) is 0 Å². The molecule has 1 aliphatic heterocycles.